The molecule has 0 bridgehead atoms. The molecule has 0 spiro atoms. The molecule has 0 heterocycles. The molecule has 0 aliphatic heterocycles. The summed E-state index contributed by atoms with van der Waals surface area (Å²) in [4.78, 5) is 13.7. The number of hydrogen-bond acceptors (Lipinski definition) is 1. The summed E-state index contributed by atoms with van der Waals surface area (Å²) in [6.07, 6.45) is 0. The summed E-state index contributed by atoms with van der Waals surface area (Å²) in [5.41, 5.74) is 0. The van der Waals surface area contributed by atoms with Crippen molar-refractivity contribution in [1.82, 2.24) is 0 Å². The Morgan fingerprint density at radius 1 is 0.750 bits per heavy atom. The second-order valence-electron chi connectivity index (χ2n) is 5.66. The average molecular weight is 315 g/mol. The molecule has 0 fully saturated rings. The number of halogens is 1. The monoisotopic (exact) mass is 314 g/mol. The molecule has 0 amide bonds. The summed E-state index contributed by atoms with van der Waals surface area (Å²) in [5.74, 6) is 0. The molecule has 0 unspecified atom stereocenters. The second kappa shape index (κ2) is 7.62. The molecule has 4 heteroatoms. The van der Waals surface area contributed by atoms with Gasteiger partial charge in [0.1, 0.15) is 0 Å². The zero-order valence-corrected chi connectivity index (χ0v) is 15.4. The standard InChI is InChI=1S/C16H19OSi.ClH.Mg/c1-16(2,3)18(17,14-10-6-4-7-11-14)15-12-8-5-9-13-15;;/h4-13H,1-3H3;1H;/q-1;;+2/p-1. The summed E-state index contributed by atoms with van der Waals surface area (Å²) in [5, 5.41) is 1.67. The van der Waals surface area contributed by atoms with Gasteiger partial charge < -0.3 is 17.2 Å². The van der Waals surface area contributed by atoms with Crippen LogP contribution in [0.15, 0.2) is 60.7 Å². The maximum atomic E-state index is 13.7. The fourth-order valence-electron chi connectivity index (χ4n) is 2.38. The van der Waals surface area contributed by atoms with Crippen LogP contribution in [-0.4, -0.2) is 31.4 Å². The molecule has 102 valence electrons. The van der Waals surface area contributed by atoms with Crippen LogP contribution >= 0.6 is 0 Å². The van der Waals surface area contributed by atoms with Crippen molar-refractivity contribution in [1.29, 1.82) is 0 Å². The van der Waals surface area contributed by atoms with Gasteiger partial charge in [-0.05, 0) is 5.04 Å². The van der Waals surface area contributed by atoms with Gasteiger partial charge in [0.15, 0.2) is 0 Å². The van der Waals surface area contributed by atoms with Crippen LogP contribution in [0.4, 0.5) is 0 Å². The van der Waals surface area contributed by atoms with Crippen molar-refractivity contribution in [3.8, 4) is 0 Å². The quantitative estimate of drug-likeness (QED) is 0.621. The van der Waals surface area contributed by atoms with Crippen LogP contribution in [-0.2, 0) is 0 Å². The minimum absolute atomic E-state index is 0. The SMILES string of the molecule is CC(C)(C)[Si]([O-])(c1ccccc1)c1ccccc1.[Cl-].[Mg+2]. The van der Waals surface area contributed by atoms with E-state index in [0.29, 0.717) is 0 Å². The van der Waals surface area contributed by atoms with Crippen LogP contribution in [0.5, 0.6) is 0 Å². The minimum Gasteiger partial charge on any atom is -1.00 e. The zero-order chi connectivity index (χ0) is 13.2. The van der Waals surface area contributed by atoms with E-state index in [1.807, 2.05) is 60.7 Å². The predicted molar refractivity (Wildman–Crippen MR) is 83.4 cm³/mol. The van der Waals surface area contributed by atoms with E-state index in [0.717, 1.165) is 10.4 Å². The van der Waals surface area contributed by atoms with E-state index >= 15 is 0 Å². The van der Waals surface area contributed by atoms with E-state index in [9.17, 15) is 4.80 Å². The van der Waals surface area contributed by atoms with Gasteiger partial charge >= 0.3 is 23.1 Å². The smallest absolute Gasteiger partial charge is 1.00 e. The van der Waals surface area contributed by atoms with E-state index in [1.165, 1.54) is 0 Å². The van der Waals surface area contributed by atoms with Crippen molar-refractivity contribution in [3.63, 3.8) is 0 Å². The normalized spacial score (nSPS) is 11.2. The molecule has 2 aromatic rings. The number of hydrogen-bond donors (Lipinski definition) is 0. The van der Waals surface area contributed by atoms with Crippen LogP contribution < -0.4 is 27.6 Å². The molecule has 2 aromatic carbocycles. The van der Waals surface area contributed by atoms with Crippen molar-refractivity contribution >= 4 is 41.7 Å². The third-order valence-corrected chi connectivity index (χ3v) is 7.82. The van der Waals surface area contributed by atoms with Gasteiger partial charge in [-0.25, -0.2) is 0 Å². The van der Waals surface area contributed by atoms with Crippen molar-refractivity contribution in [3.05, 3.63) is 60.7 Å². The molecule has 1 nitrogen and oxygen atoms in total. The average Bonchev–Trinajstić information content (AvgIpc) is 2.38. The maximum absolute atomic E-state index is 13.7. The topological polar surface area (TPSA) is 23.1 Å². The first-order valence-corrected chi connectivity index (χ1v) is 8.18. The molecule has 0 radical (unpaired) electrons. The number of rotatable bonds is 2. The first-order valence-electron chi connectivity index (χ1n) is 6.28. The van der Waals surface area contributed by atoms with Crippen LogP contribution in [0.1, 0.15) is 20.8 Å². The molecular weight excluding hydrogens is 296 g/mol. The summed E-state index contributed by atoms with van der Waals surface area (Å²) >= 11 is 0. The van der Waals surface area contributed by atoms with Crippen LogP contribution in [0, 0.1) is 0 Å². The van der Waals surface area contributed by atoms with E-state index in [-0.39, 0.29) is 40.5 Å². The zero-order valence-electron chi connectivity index (χ0n) is 12.3. The molecule has 2 rings (SSSR count). The fourth-order valence-corrected chi connectivity index (χ4v) is 5.77. The molecule has 0 saturated heterocycles. The third-order valence-electron chi connectivity index (χ3n) is 3.42. The first kappa shape index (κ1) is 19.7. The van der Waals surface area contributed by atoms with Gasteiger partial charge in [-0.15, -0.1) is 0 Å². The summed E-state index contributed by atoms with van der Waals surface area (Å²) < 4.78 is 0. The van der Waals surface area contributed by atoms with Crippen LogP contribution in [0.3, 0.4) is 0 Å². The Bertz CT molecular complexity index is 472. The van der Waals surface area contributed by atoms with Gasteiger partial charge in [0, 0.05) is 8.32 Å². The Labute approximate surface area is 145 Å². The van der Waals surface area contributed by atoms with Gasteiger partial charge in [-0.2, -0.15) is 0 Å². The van der Waals surface area contributed by atoms with E-state index in [1.54, 1.807) is 0 Å². The van der Waals surface area contributed by atoms with Gasteiger partial charge in [-0.3, -0.25) is 0 Å². The summed E-state index contributed by atoms with van der Waals surface area (Å²) in [6.45, 7) is 6.19. The van der Waals surface area contributed by atoms with Gasteiger partial charge in [0.2, 0.25) is 0 Å². The molecule has 20 heavy (non-hydrogen) atoms. The van der Waals surface area contributed by atoms with Crippen LogP contribution in [0.2, 0.25) is 5.04 Å². The van der Waals surface area contributed by atoms with E-state index in [4.69, 9.17) is 0 Å². The Kier molecular flexibility index (Phi) is 7.49. The van der Waals surface area contributed by atoms with Crippen molar-refractivity contribution in [2.75, 3.05) is 0 Å². The van der Waals surface area contributed by atoms with Crippen molar-refractivity contribution in [2.45, 2.75) is 25.8 Å². The Morgan fingerprint density at radius 3 is 1.30 bits per heavy atom. The largest absolute Gasteiger partial charge is 2.00 e. The van der Waals surface area contributed by atoms with Gasteiger partial charge in [0.05, 0.1) is 0 Å². The van der Waals surface area contributed by atoms with Crippen LogP contribution in [0.25, 0.3) is 0 Å². The number of benzene rings is 2. The molecule has 0 aromatic heterocycles. The third kappa shape index (κ3) is 3.65. The molecular formula is C16H19ClMgOSi. The Balaban J connectivity index is 0.00000180. The van der Waals surface area contributed by atoms with Crippen molar-refractivity contribution in [2.24, 2.45) is 0 Å². The molecule has 0 aliphatic carbocycles. The molecule has 0 saturated carbocycles. The fraction of sp³-hybridized carbons (Fsp3) is 0.250. The first-order chi connectivity index (χ1) is 8.46. The Hall–Kier alpha value is -0.327. The molecule has 0 N–H and O–H groups in total. The van der Waals surface area contributed by atoms with Crippen molar-refractivity contribution < 1.29 is 17.2 Å². The maximum Gasteiger partial charge on any atom is 2.00 e. The molecule has 0 atom stereocenters. The Morgan fingerprint density at radius 2 is 1.05 bits per heavy atom. The summed E-state index contributed by atoms with van der Waals surface area (Å²) in [7, 11) is -2.95. The van der Waals surface area contributed by atoms with Gasteiger partial charge in [-0.1, -0.05) is 91.8 Å². The van der Waals surface area contributed by atoms with E-state index in [2.05, 4.69) is 20.8 Å². The minimum atomic E-state index is -2.95. The van der Waals surface area contributed by atoms with E-state index < -0.39 is 8.32 Å². The molecule has 0 aliphatic rings. The predicted octanol–water partition coefficient (Wildman–Crippen LogP) is -1.47. The second-order valence-corrected chi connectivity index (χ2v) is 9.68. The van der Waals surface area contributed by atoms with Gasteiger partial charge in [0.25, 0.3) is 0 Å². The summed E-state index contributed by atoms with van der Waals surface area (Å²) in [6, 6.07) is 19.7.